The van der Waals surface area contributed by atoms with Crippen molar-refractivity contribution in [3.63, 3.8) is 0 Å². The molecule has 0 fully saturated rings. The van der Waals surface area contributed by atoms with E-state index in [4.69, 9.17) is 5.73 Å². The molecular formula is C15H17N5. The van der Waals surface area contributed by atoms with Gasteiger partial charge in [-0.1, -0.05) is 36.4 Å². The molecule has 5 nitrogen and oxygen atoms in total. The molecule has 0 aliphatic rings. The van der Waals surface area contributed by atoms with Crippen molar-refractivity contribution in [2.75, 3.05) is 6.54 Å². The average Bonchev–Trinajstić information content (AvgIpc) is 2.90. The Morgan fingerprint density at radius 3 is 2.65 bits per heavy atom. The lowest BCUT2D eigenvalue weighted by atomic mass is 10.0. The van der Waals surface area contributed by atoms with Gasteiger partial charge in [-0.2, -0.15) is 4.80 Å². The number of tetrazole rings is 1. The standard InChI is InChI=1S/C15H17N5/c1-11-17-19-20(18-11)15(8-9-16)14-7-6-12-4-2-3-5-13(12)10-14/h2-7,10,15H,8-9,16H2,1H3. The second kappa shape index (κ2) is 5.38. The van der Waals surface area contributed by atoms with Crippen LogP contribution in [0.15, 0.2) is 42.5 Å². The van der Waals surface area contributed by atoms with Crippen LogP contribution in [0.25, 0.3) is 10.8 Å². The van der Waals surface area contributed by atoms with Crippen LogP contribution in [-0.4, -0.2) is 26.8 Å². The minimum atomic E-state index is 0.0332. The molecule has 3 aromatic rings. The quantitative estimate of drug-likeness (QED) is 0.785. The molecule has 1 aromatic heterocycles. The molecule has 0 aliphatic carbocycles. The summed E-state index contributed by atoms with van der Waals surface area (Å²) in [7, 11) is 0. The highest BCUT2D eigenvalue weighted by molar-refractivity contribution is 5.83. The van der Waals surface area contributed by atoms with E-state index in [2.05, 4.69) is 45.7 Å². The summed E-state index contributed by atoms with van der Waals surface area (Å²) >= 11 is 0. The zero-order valence-electron chi connectivity index (χ0n) is 11.4. The minimum Gasteiger partial charge on any atom is -0.330 e. The molecule has 0 aliphatic heterocycles. The number of fused-ring (bicyclic) bond motifs is 1. The van der Waals surface area contributed by atoms with E-state index in [1.54, 1.807) is 4.80 Å². The average molecular weight is 267 g/mol. The number of nitrogens with zero attached hydrogens (tertiary/aromatic N) is 4. The lowest BCUT2D eigenvalue weighted by Gasteiger charge is -2.15. The first-order valence-electron chi connectivity index (χ1n) is 6.73. The van der Waals surface area contributed by atoms with Gasteiger partial charge in [0.2, 0.25) is 0 Å². The molecule has 20 heavy (non-hydrogen) atoms. The smallest absolute Gasteiger partial charge is 0.171 e. The summed E-state index contributed by atoms with van der Waals surface area (Å²) in [5, 5.41) is 14.8. The highest BCUT2D eigenvalue weighted by atomic mass is 15.6. The fourth-order valence-corrected chi connectivity index (χ4v) is 2.42. The summed E-state index contributed by atoms with van der Waals surface area (Å²) in [6.07, 6.45) is 0.786. The number of benzene rings is 2. The Balaban J connectivity index is 2.04. The Kier molecular flexibility index (Phi) is 3.43. The van der Waals surface area contributed by atoms with Crippen molar-refractivity contribution in [1.82, 2.24) is 20.2 Å². The van der Waals surface area contributed by atoms with Crippen molar-refractivity contribution in [2.45, 2.75) is 19.4 Å². The van der Waals surface area contributed by atoms with Gasteiger partial charge in [-0.3, -0.25) is 0 Å². The number of rotatable bonds is 4. The first-order valence-corrected chi connectivity index (χ1v) is 6.73. The van der Waals surface area contributed by atoms with Crippen molar-refractivity contribution < 1.29 is 0 Å². The second-order valence-electron chi connectivity index (χ2n) is 4.86. The maximum Gasteiger partial charge on any atom is 0.171 e. The van der Waals surface area contributed by atoms with Crippen LogP contribution >= 0.6 is 0 Å². The molecule has 0 amide bonds. The third-order valence-electron chi connectivity index (χ3n) is 3.41. The van der Waals surface area contributed by atoms with Crippen LogP contribution in [0.4, 0.5) is 0 Å². The number of aryl methyl sites for hydroxylation is 1. The zero-order valence-corrected chi connectivity index (χ0v) is 11.4. The Bertz CT molecular complexity index is 719. The normalized spacial score (nSPS) is 12.7. The molecule has 0 spiro atoms. The van der Waals surface area contributed by atoms with Crippen LogP contribution in [-0.2, 0) is 0 Å². The fourth-order valence-electron chi connectivity index (χ4n) is 2.42. The van der Waals surface area contributed by atoms with E-state index in [9.17, 15) is 0 Å². The topological polar surface area (TPSA) is 69.6 Å². The van der Waals surface area contributed by atoms with Gasteiger partial charge in [-0.25, -0.2) is 0 Å². The summed E-state index contributed by atoms with van der Waals surface area (Å²) in [5.74, 6) is 0.674. The molecule has 102 valence electrons. The van der Waals surface area contributed by atoms with E-state index in [-0.39, 0.29) is 6.04 Å². The monoisotopic (exact) mass is 267 g/mol. The number of hydrogen-bond donors (Lipinski definition) is 1. The molecule has 1 atom stereocenters. The van der Waals surface area contributed by atoms with Crippen molar-refractivity contribution in [3.8, 4) is 0 Å². The van der Waals surface area contributed by atoms with Gasteiger partial charge in [-0.15, -0.1) is 10.2 Å². The predicted octanol–water partition coefficient (Wildman–Crippen LogP) is 2.07. The molecule has 0 radical (unpaired) electrons. The Hall–Kier alpha value is -2.27. The van der Waals surface area contributed by atoms with Crippen LogP contribution in [0.3, 0.4) is 0 Å². The van der Waals surface area contributed by atoms with E-state index in [0.717, 1.165) is 12.0 Å². The van der Waals surface area contributed by atoms with E-state index in [1.165, 1.54) is 10.8 Å². The number of hydrogen-bond acceptors (Lipinski definition) is 4. The SMILES string of the molecule is Cc1nnn(C(CCN)c2ccc3ccccc3c2)n1. The van der Waals surface area contributed by atoms with Crippen LogP contribution < -0.4 is 5.73 Å². The molecular weight excluding hydrogens is 250 g/mol. The van der Waals surface area contributed by atoms with Gasteiger partial charge in [0.1, 0.15) is 0 Å². The molecule has 0 saturated carbocycles. The van der Waals surface area contributed by atoms with Gasteiger partial charge in [-0.05, 0) is 47.5 Å². The van der Waals surface area contributed by atoms with Gasteiger partial charge in [0.15, 0.2) is 5.82 Å². The molecule has 3 rings (SSSR count). The molecule has 0 saturated heterocycles. The van der Waals surface area contributed by atoms with Crippen molar-refractivity contribution in [1.29, 1.82) is 0 Å². The minimum absolute atomic E-state index is 0.0332. The third-order valence-corrected chi connectivity index (χ3v) is 3.41. The van der Waals surface area contributed by atoms with Gasteiger partial charge in [0.25, 0.3) is 0 Å². The highest BCUT2D eigenvalue weighted by Crippen LogP contribution is 2.24. The maximum absolute atomic E-state index is 5.73. The second-order valence-corrected chi connectivity index (χ2v) is 4.86. The van der Waals surface area contributed by atoms with E-state index < -0.39 is 0 Å². The summed E-state index contributed by atoms with van der Waals surface area (Å²) in [4.78, 5) is 1.66. The number of nitrogens with two attached hydrogens (primary N) is 1. The fraction of sp³-hybridized carbons (Fsp3) is 0.267. The Morgan fingerprint density at radius 1 is 1.15 bits per heavy atom. The van der Waals surface area contributed by atoms with Gasteiger partial charge in [0.05, 0.1) is 6.04 Å². The van der Waals surface area contributed by atoms with E-state index in [1.807, 2.05) is 19.1 Å². The van der Waals surface area contributed by atoms with Crippen molar-refractivity contribution >= 4 is 10.8 Å². The van der Waals surface area contributed by atoms with E-state index >= 15 is 0 Å². The number of aromatic nitrogens is 4. The summed E-state index contributed by atoms with van der Waals surface area (Å²) in [6.45, 7) is 2.42. The lowest BCUT2D eigenvalue weighted by Crippen LogP contribution is -2.18. The Labute approximate surface area is 117 Å². The zero-order chi connectivity index (χ0) is 13.9. The lowest BCUT2D eigenvalue weighted by molar-refractivity contribution is 0.430. The molecule has 5 heteroatoms. The van der Waals surface area contributed by atoms with Crippen molar-refractivity contribution in [3.05, 3.63) is 53.9 Å². The first kappa shape index (κ1) is 12.7. The van der Waals surface area contributed by atoms with Crippen LogP contribution in [0.5, 0.6) is 0 Å². The van der Waals surface area contributed by atoms with Gasteiger partial charge < -0.3 is 5.73 Å². The largest absolute Gasteiger partial charge is 0.330 e. The van der Waals surface area contributed by atoms with Crippen LogP contribution in [0, 0.1) is 6.92 Å². The van der Waals surface area contributed by atoms with Crippen LogP contribution in [0.1, 0.15) is 23.9 Å². The Morgan fingerprint density at radius 2 is 1.95 bits per heavy atom. The summed E-state index contributed by atoms with van der Waals surface area (Å²) in [6, 6.07) is 14.7. The predicted molar refractivity (Wildman–Crippen MR) is 78.3 cm³/mol. The van der Waals surface area contributed by atoms with Crippen molar-refractivity contribution in [2.24, 2.45) is 5.73 Å². The molecule has 2 aromatic carbocycles. The van der Waals surface area contributed by atoms with Crippen LogP contribution in [0.2, 0.25) is 0 Å². The van der Waals surface area contributed by atoms with Gasteiger partial charge >= 0.3 is 0 Å². The first-order chi connectivity index (χ1) is 9.78. The molecule has 1 heterocycles. The molecule has 0 bridgehead atoms. The summed E-state index contributed by atoms with van der Waals surface area (Å²) in [5.41, 5.74) is 6.89. The van der Waals surface area contributed by atoms with Gasteiger partial charge in [0, 0.05) is 0 Å². The maximum atomic E-state index is 5.73. The molecule has 1 unspecified atom stereocenters. The third kappa shape index (κ3) is 2.40. The highest BCUT2D eigenvalue weighted by Gasteiger charge is 2.16. The summed E-state index contributed by atoms with van der Waals surface area (Å²) < 4.78 is 0. The van der Waals surface area contributed by atoms with E-state index in [0.29, 0.717) is 12.4 Å². The molecule has 2 N–H and O–H groups in total.